The van der Waals surface area contributed by atoms with Crippen molar-refractivity contribution >= 4 is 87.9 Å². The van der Waals surface area contributed by atoms with Gasteiger partial charge in [-0.15, -0.1) is 3.87 Å². The molecule has 0 aliphatic carbocycles. The molecule has 0 amide bonds. The zero-order valence-electron chi connectivity index (χ0n) is 22.3. The van der Waals surface area contributed by atoms with E-state index in [1.807, 2.05) is 6.92 Å². The predicted octanol–water partition coefficient (Wildman–Crippen LogP) is 5.46. The van der Waals surface area contributed by atoms with Crippen LogP contribution < -0.4 is 0 Å². The van der Waals surface area contributed by atoms with E-state index in [4.69, 9.17) is 31.7 Å². The lowest BCUT2D eigenvalue weighted by molar-refractivity contribution is 0.0896. The second kappa shape index (κ2) is 13.2. The summed E-state index contributed by atoms with van der Waals surface area (Å²) >= 11 is 2.15. The smallest absolute Gasteiger partial charge is 0.375 e. The van der Waals surface area contributed by atoms with Gasteiger partial charge in [-0.2, -0.15) is 4.12 Å². The molecule has 3 atom stereocenters. The summed E-state index contributed by atoms with van der Waals surface area (Å²) in [6.07, 6.45) is 0.801. The van der Waals surface area contributed by atoms with Crippen LogP contribution in [0, 0.1) is 0 Å². The zero-order chi connectivity index (χ0) is 25.7. The van der Waals surface area contributed by atoms with Crippen LogP contribution in [-0.2, 0) is 44.0 Å². The van der Waals surface area contributed by atoms with Gasteiger partial charge in [-0.05, 0) is 53.1 Å². The van der Waals surface area contributed by atoms with E-state index in [1.165, 1.54) is 0 Å². The molecule has 0 spiro atoms. The Balaban J connectivity index is 3.60. The Morgan fingerprint density at radius 3 is 2.00 bits per heavy atom. The summed E-state index contributed by atoms with van der Waals surface area (Å²) in [5.41, 5.74) is 0.291. The van der Waals surface area contributed by atoms with Crippen LogP contribution in [0.5, 0.6) is 0 Å². The topological polar surface area (TPSA) is 73.8 Å². The van der Waals surface area contributed by atoms with Gasteiger partial charge >= 0.3 is 53.1 Å². The first kappa shape index (κ1) is 33.1. The third-order valence-corrected chi connectivity index (χ3v) is 25.1. The van der Waals surface area contributed by atoms with Gasteiger partial charge in [0.1, 0.15) is 5.54 Å². The van der Waals surface area contributed by atoms with Crippen molar-refractivity contribution in [3.63, 3.8) is 0 Å². The monoisotopic (exact) mass is 703 g/mol. The molecule has 1 fully saturated rings. The molecule has 0 N–H and O–H groups in total. The van der Waals surface area contributed by atoms with Crippen molar-refractivity contribution in [3.8, 4) is 0 Å². The van der Waals surface area contributed by atoms with Gasteiger partial charge in [-0.1, -0.05) is 23.3 Å². The first-order valence-corrected chi connectivity index (χ1v) is 26.6. The van der Waals surface area contributed by atoms with Crippen molar-refractivity contribution in [2.75, 3.05) is 7.11 Å². The lowest BCUT2D eigenvalue weighted by Gasteiger charge is -2.40. The minimum Gasteiger partial charge on any atom is -0.375 e. The summed E-state index contributed by atoms with van der Waals surface area (Å²) in [4.78, 5) is -0.517. The van der Waals surface area contributed by atoms with Crippen LogP contribution in [0.3, 0.4) is 0 Å². The summed E-state index contributed by atoms with van der Waals surface area (Å²) in [6.45, 7) is 24.0. The van der Waals surface area contributed by atoms with Crippen LogP contribution in [-0.4, -0.2) is 64.5 Å². The van der Waals surface area contributed by atoms with Gasteiger partial charge in [0.25, 0.3) is 0 Å². The highest BCUT2D eigenvalue weighted by Crippen LogP contribution is 2.43. The summed E-state index contributed by atoms with van der Waals surface area (Å²) in [7, 11) is -12.0. The normalized spacial score (nSPS) is 26.7. The lowest BCUT2D eigenvalue weighted by atomic mass is 10.5. The summed E-state index contributed by atoms with van der Waals surface area (Å²) < 4.78 is 51.5. The number of hydrogen-bond donors (Lipinski definition) is 0. The quantitative estimate of drug-likeness (QED) is 0.102. The summed E-state index contributed by atoms with van der Waals surface area (Å²) in [5, 5.41) is 0. The van der Waals surface area contributed by atoms with Gasteiger partial charge in [-0.25, -0.2) is 4.12 Å². The van der Waals surface area contributed by atoms with E-state index < -0.39 is 57.4 Å². The van der Waals surface area contributed by atoms with Gasteiger partial charge in [-0.3, -0.25) is 4.12 Å². The highest BCUT2D eigenvalue weighted by atomic mass is 127. The number of rotatable bonds is 14. The van der Waals surface area contributed by atoms with Gasteiger partial charge in [0, 0.05) is 25.6 Å². The second-order valence-corrected chi connectivity index (χ2v) is 33.5. The van der Waals surface area contributed by atoms with E-state index in [1.54, 1.807) is 30.1 Å². The van der Waals surface area contributed by atoms with Crippen molar-refractivity contribution in [2.45, 2.75) is 103 Å². The Morgan fingerprint density at radius 2 is 1.64 bits per heavy atom. The van der Waals surface area contributed by atoms with Crippen LogP contribution in [0.15, 0.2) is 0 Å². The molecule has 3 unspecified atom stereocenters. The molecule has 0 bridgehead atoms. The average molecular weight is 704 g/mol. The molecule has 1 aliphatic rings. The fourth-order valence-electron chi connectivity index (χ4n) is 3.51. The van der Waals surface area contributed by atoms with Crippen molar-refractivity contribution in [1.29, 1.82) is 0 Å². The van der Waals surface area contributed by atoms with Gasteiger partial charge in [0.15, 0.2) is 31.3 Å². The molecular weight excluding hydrogens is 660 g/mol. The molecule has 33 heavy (non-hydrogen) atoms. The molecule has 1 saturated heterocycles. The van der Waals surface area contributed by atoms with Crippen molar-refractivity contribution in [1.82, 2.24) is 0 Å². The van der Waals surface area contributed by atoms with Crippen LogP contribution in [0.2, 0.25) is 56.9 Å². The highest BCUT2D eigenvalue weighted by Gasteiger charge is 2.86. The minimum atomic E-state index is -3.18. The maximum atomic E-state index is 7.00. The fourth-order valence-corrected chi connectivity index (χ4v) is 29.1. The second-order valence-electron chi connectivity index (χ2n) is 10.2. The van der Waals surface area contributed by atoms with Crippen LogP contribution in [0.4, 0.5) is 0 Å². The molecular formula is C17H44IO8SSi6+3. The van der Waals surface area contributed by atoms with E-state index >= 15 is 0 Å². The van der Waals surface area contributed by atoms with Crippen LogP contribution >= 0.6 is 23.0 Å². The molecule has 0 radical (unpaired) electrons. The molecule has 0 saturated carbocycles. The minimum absolute atomic E-state index is 0.291. The maximum absolute atomic E-state index is 7.00. The van der Waals surface area contributed by atoms with Crippen molar-refractivity contribution in [3.05, 3.63) is 0 Å². The van der Waals surface area contributed by atoms with Gasteiger partial charge in [0.05, 0.1) is 0 Å². The van der Waals surface area contributed by atoms with Crippen LogP contribution in [0.1, 0.15) is 41.0 Å². The highest BCUT2D eigenvalue weighted by molar-refractivity contribution is 14.1. The van der Waals surface area contributed by atoms with E-state index in [0.717, 1.165) is 6.42 Å². The first-order valence-electron chi connectivity index (χ1n) is 11.5. The molecule has 16 heteroatoms. The fraction of sp³-hybridized carbons (Fsp3) is 1.00. The first-order chi connectivity index (χ1) is 15.1. The SMILES string of the molecule is CCC1(O[Si](C)(C)C)[Si+](O[Si](C)(C)C)O[Si](CC)(O[Si](CC)(OC)O[SH+]OI)O[Si+]1C(C)C. The van der Waals surface area contributed by atoms with E-state index in [9.17, 15) is 0 Å². The third-order valence-electron chi connectivity index (χ3n) is 4.84. The molecule has 194 valence electrons. The standard InChI is InChI=1S/C17H43IO8SSi6/c1-13-17(20-30(7,8)9)28(16(4)5)23-33(15-3,25-29(17)24-31(10,11)12)26-32(14-2,19-6)22-27-21-18/h16H,13-15H2,1-12H3/q+2/p+1. The predicted molar refractivity (Wildman–Crippen MR) is 156 cm³/mol. The van der Waals surface area contributed by atoms with E-state index in [2.05, 4.69) is 67.0 Å². The Morgan fingerprint density at radius 1 is 1.03 bits per heavy atom. The number of hydrogen-bond acceptors (Lipinski definition) is 8. The van der Waals surface area contributed by atoms with Crippen molar-refractivity contribution < 1.29 is 31.7 Å². The largest absolute Gasteiger partial charge is 0.700 e. The Bertz CT molecular complexity index is 609. The van der Waals surface area contributed by atoms with Crippen LogP contribution in [0.25, 0.3) is 0 Å². The number of halogens is 1. The maximum Gasteiger partial charge on any atom is 0.700 e. The summed E-state index contributed by atoms with van der Waals surface area (Å²) in [6, 6.07) is 1.20. The molecule has 1 heterocycles. The number of thiol groups is 1. The van der Waals surface area contributed by atoms with E-state index in [0.29, 0.717) is 30.0 Å². The van der Waals surface area contributed by atoms with Gasteiger partial charge in [0.2, 0.25) is 8.32 Å². The summed E-state index contributed by atoms with van der Waals surface area (Å²) in [5.74, 6) is 0. The molecule has 0 aromatic rings. The van der Waals surface area contributed by atoms with Crippen molar-refractivity contribution in [2.24, 2.45) is 0 Å². The average Bonchev–Trinajstić information content (AvgIpc) is 2.70. The lowest BCUT2D eigenvalue weighted by Crippen LogP contribution is -2.78. The van der Waals surface area contributed by atoms with Gasteiger partial charge < -0.3 is 13.0 Å². The third kappa shape index (κ3) is 9.09. The van der Waals surface area contributed by atoms with E-state index in [-0.39, 0.29) is 0 Å². The Kier molecular flexibility index (Phi) is 13.3. The molecule has 8 nitrogen and oxygen atoms in total. The molecule has 1 aliphatic heterocycles. The Labute approximate surface area is 228 Å². The molecule has 0 aromatic heterocycles. The zero-order valence-corrected chi connectivity index (χ0v) is 31.3. The molecule has 1 rings (SSSR count). The Hall–Kier alpha value is 2.06. The molecule has 0 aromatic carbocycles.